The van der Waals surface area contributed by atoms with Crippen molar-refractivity contribution < 1.29 is 58.5 Å². The maximum absolute atomic E-state index is 16.2. The molecule has 0 amide bonds. The number of carbonyl (C=O) groups excluding carboxylic acids is 1. The number of rotatable bonds is 18. The summed E-state index contributed by atoms with van der Waals surface area (Å²) in [5.41, 5.74) is 0.553. The summed E-state index contributed by atoms with van der Waals surface area (Å²) >= 11 is 0. The SMILES string of the molecule is CN(CCCCCCC(F)(F)C(F)(F)C(F)(F)C(F)(F)F)CCCCC[C@@H]1Cc2cc(OC(C)(C)C=O)ccc2[C@@H]2[C@@H]1[C@@H]1CC[C@H](O)[C@@]1(C)C[C@@H]2F. The number of ether oxygens (including phenoxy) is 1. The standard InChI is InChI=1S/C38H53F10NO3/c1-33(2,23-50)52-26-13-14-27-25(21-26)20-24(31-28-15-16-30(51)34(28,3)22-29(39)32(27)31)12-8-7-11-19-49(4)18-10-6-5-9-17-35(40,41)36(42,43)37(44,45)38(46,47)48/h13-14,21,23-24,28-32,51H,5-12,15-20,22H2,1-4H3/t24-,28+,29+,30+,31+,32+,34+/m1/s1. The molecule has 0 radical (unpaired) electrons. The van der Waals surface area contributed by atoms with Crippen molar-refractivity contribution in [3.63, 3.8) is 0 Å². The molecule has 0 spiro atoms. The summed E-state index contributed by atoms with van der Waals surface area (Å²) in [5.74, 6) is -18.1. The van der Waals surface area contributed by atoms with Crippen LogP contribution in [0.1, 0.15) is 115 Å². The molecule has 4 nitrogen and oxygen atoms in total. The van der Waals surface area contributed by atoms with Crippen LogP contribution in [0.15, 0.2) is 18.2 Å². The van der Waals surface area contributed by atoms with Gasteiger partial charge >= 0.3 is 23.9 Å². The van der Waals surface area contributed by atoms with Crippen LogP contribution in [0.5, 0.6) is 5.75 Å². The van der Waals surface area contributed by atoms with Crippen LogP contribution in [0.2, 0.25) is 0 Å². The lowest BCUT2D eigenvalue weighted by atomic mass is 9.51. The average molecular weight is 762 g/mol. The third kappa shape index (κ3) is 8.73. The van der Waals surface area contributed by atoms with Gasteiger partial charge in [-0.15, -0.1) is 0 Å². The number of aliphatic hydroxyl groups excluding tert-OH is 1. The van der Waals surface area contributed by atoms with Gasteiger partial charge in [0.2, 0.25) is 0 Å². The summed E-state index contributed by atoms with van der Waals surface area (Å²) in [5, 5.41) is 10.9. The maximum Gasteiger partial charge on any atom is 0.460 e. The zero-order valence-corrected chi connectivity index (χ0v) is 30.4. The van der Waals surface area contributed by atoms with Crippen molar-refractivity contribution >= 4 is 6.29 Å². The Kier molecular flexibility index (Phi) is 13.1. The van der Waals surface area contributed by atoms with E-state index in [9.17, 15) is 49.4 Å². The Balaban J connectivity index is 1.25. The summed E-state index contributed by atoms with van der Waals surface area (Å²) in [6.45, 7) is 6.68. The number of fused-ring (bicyclic) bond motifs is 5. The van der Waals surface area contributed by atoms with E-state index < -0.39 is 60.1 Å². The number of alkyl halides is 10. The summed E-state index contributed by atoms with van der Waals surface area (Å²) in [4.78, 5) is 13.5. The Morgan fingerprint density at radius 1 is 0.904 bits per heavy atom. The molecule has 0 bridgehead atoms. The molecule has 7 atom stereocenters. The molecule has 298 valence electrons. The van der Waals surface area contributed by atoms with Gasteiger partial charge < -0.3 is 14.7 Å². The van der Waals surface area contributed by atoms with Crippen LogP contribution < -0.4 is 4.74 Å². The maximum atomic E-state index is 16.2. The lowest BCUT2D eigenvalue weighted by Crippen LogP contribution is -2.60. The lowest BCUT2D eigenvalue weighted by molar-refractivity contribution is -0.396. The number of nitrogens with zero attached hydrogens (tertiary/aromatic N) is 1. The lowest BCUT2D eigenvalue weighted by Gasteiger charge is -2.54. The third-order valence-corrected chi connectivity index (χ3v) is 12.0. The smallest absolute Gasteiger partial charge is 0.460 e. The van der Waals surface area contributed by atoms with Gasteiger partial charge in [-0.2, -0.15) is 39.5 Å². The van der Waals surface area contributed by atoms with Crippen LogP contribution in [0.3, 0.4) is 0 Å². The minimum absolute atomic E-state index is 0.0248. The number of aliphatic hydroxyl groups is 1. The van der Waals surface area contributed by atoms with Gasteiger partial charge in [-0.1, -0.05) is 38.7 Å². The van der Waals surface area contributed by atoms with Crippen molar-refractivity contribution in [2.45, 2.75) is 152 Å². The van der Waals surface area contributed by atoms with Gasteiger partial charge in [0.1, 0.15) is 11.9 Å². The quantitative estimate of drug-likeness (QED) is 0.0920. The highest BCUT2D eigenvalue weighted by molar-refractivity contribution is 5.61. The molecule has 52 heavy (non-hydrogen) atoms. The Morgan fingerprint density at radius 3 is 2.13 bits per heavy atom. The predicted octanol–water partition coefficient (Wildman–Crippen LogP) is 10.3. The molecule has 4 rings (SSSR count). The van der Waals surface area contributed by atoms with Gasteiger partial charge in [0.05, 0.1) is 6.10 Å². The Morgan fingerprint density at radius 2 is 1.52 bits per heavy atom. The van der Waals surface area contributed by atoms with Crippen molar-refractivity contribution in [3.8, 4) is 5.75 Å². The van der Waals surface area contributed by atoms with E-state index in [4.69, 9.17) is 4.74 Å². The largest absolute Gasteiger partial charge is 0.480 e. The number of carbonyl (C=O) groups is 1. The fourth-order valence-electron chi connectivity index (χ4n) is 9.14. The molecule has 0 unspecified atom stereocenters. The van der Waals surface area contributed by atoms with Crippen LogP contribution in [-0.4, -0.2) is 78.3 Å². The van der Waals surface area contributed by atoms with Gasteiger partial charge in [-0.05, 0) is 132 Å². The van der Waals surface area contributed by atoms with Gasteiger partial charge in [-0.25, -0.2) is 4.39 Å². The molecular formula is C38H53F10NO3. The van der Waals surface area contributed by atoms with Crippen molar-refractivity contribution in [2.75, 3.05) is 20.1 Å². The molecular weight excluding hydrogens is 708 g/mol. The topological polar surface area (TPSA) is 49.8 Å². The molecule has 0 heterocycles. The molecule has 2 saturated carbocycles. The van der Waals surface area contributed by atoms with E-state index in [-0.39, 0.29) is 30.1 Å². The van der Waals surface area contributed by atoms with E-state index in [0.29, 0.717) is 38.0 Å². The minimum atomic E-state index is -6.85. The van der Waals surface area contributed by atoms with E-state index in [2.05, 4.69) is 0 Å². The third-order valence-electron chi connectivity index (χ3n) is 12.0. The average Bonchev–Trinajstić information content (AvgIpc) is 3.34. The molecule has 14 heteroatoms. The fourth-order valence-corrected chi connectivity index (χ4v) is 9.14. The summed E-state index contributed by atoms with van der Waals surface area (Å²) in [6.07, 6.45) is -3.16. The van der Waals surface area contributed by atoms with Crippen LogP contribution in [0, 0.1) is 23.2 Å². The molecule has 1 aromatic rings. The molecule has 1 aromatic carbocycles. The van der Waals surface area contributed by atoms with E-state index in [1.807, 2.05) is 37.1 Å². The Hall–Kier alpha value is -2.09. The highest BCUT2D eigenvalue weighted by Crippen LogP contribution is 2.63. The van der Waals surface area contributed by atoms with Crippen molar-refractivity contribution in [1.29, 1.82) is 0 Å². The van der Waals surface area contributed by atoms with E-state index in [0.717, 1.165) is 62.5 Å². The van der Waals surface area contributed by atoms with Crippen LogP contribution in [0.25, 0.3) is 0 Å². The van der Waals surface area contributed by atoms with Gasteiger partial charge in [-0.3, -0.25) is 4.79 Å². The Labute approximate surface area is 300 Å². The van der Waals surface area contributed by atoms with Gasteiger partial charge in [0.25, 0.3) is 0 Å². The highest BCUT2D eigenvalue weighted by atomic mass is 19.4. The first-order valence-electron chi connectivity index (χ1n) is 18.5. The first-order chi connectivity index (χ1) is 24.0. The predicted molar refractivity (Wildman–Crippen MR) is 177 cm³/mol. The van der Waals surface area contributed by atoms with E-state index >= 15 is 4.39 Å². The summed E-state index contributed by atoms with van der Waals surface area (Å²) in [6, 6.07) is 5.70. The van der Waals surface area contributed by atoms with E-state index in [1.54, 1.807) is 13.8 Å². The van der Waals surface area contributed by atoms with E-state index in [1.165, 1.54) is 0 Å². The number of benzene rings is 1. The molecule has 1 N–H and O–H groups in total. The van der Waals surface area contributed by atoms with Gasteiger partial charge in [0.15, 0.2) is 11.9 Å². The first kappa shape index (κ1) is 42.6. The second-order valence-electron chi connectivity index (χ2n) is 16.3. The van der Waals surface area contributed by atoms with Crippen LogP contribution >= 0.6 is 0 Å². The van der Waals surface area contributed by atoms with Crippen LogP contribution in [-0.2, 0) is 11.2 Å². The number of hydrogen-bond donors (Lipinski definition) is 1. The number of hydrogen-bond acceptors (Lipinski definition) is 4. The second kappa shape index (κ2) is 15.9. The molecule has 2 fully saturated rings. The summed E-state index contributed by atoms with van der Waals surface area (Å²) in [7, 11) is 1.87. The monoisotopic (exact) mass is 761 g/mol. The Bertz CT molecular complexity index is 1350. The summed E-state index contributed by atoms with van der Waals surface area (Å²) < 4.78 is 140. The van der Waals surface area contributed by atoms with Gasteiger partial charge in [0, 0.05) is 12.3 Å². The number of unbranched alkanes of at least 4 members (excludes halogenated alkanes) is 5. The molecule has 0 aromatic heterocycles. The number of aldehydes is 1. The number of halogens is 10. The zero-order valence-electron chi connectivity index (χ0n) is 30.4. The van der Waals surface area contributed by atoms with Crippen molar-refractivity contribution in [2.24, 2.45) is 23.2 Å². The van der Waals surface area contributed by atoms with Crippen LogP contribution in [0.4, 0.5) is 43.9 Å². The molecule has 3 aliphatic carbocycles. The van der Waals surface area contributed by atoms with Crippen molar-refractivity contribution in [3.05, 3.63) is 29.3 Å². The normalized spacial score (nSPS) is 28.4. The molecule has 3 aliphatic rings. The minimum Gasteiger partial charge on any atom is -0.480 e. The second-order valence-corrected chi connectivity index (χ2v) is 16.3. The van der Waals surface area contributed by atoms with Crippen molar-refractivity contribution in [1.82, 2.24) is 4.90 Å². The zero-order chi connectivity index (χ0) is 38.9. The highest BCUT2D eigenvalue weighted by Gasteiger charge is 2.81. The molecule has 0 saturated heterocycles. The molecule has 0 aliphatic heterocycles. The fraction of sp³-hybridized carbons (Fsp3) is 0.816. The first-order valence-corrected chi connectivity index (χ1v) is 18.5.